The van der Waals surface area contributed by atoms with Crippen molar-refractivity contribution in [2.24, 2.45) is 11.3 Å². The molecule has 3 heteroatoms. The van der Waals surface area contributed by atoms with Gasteiger partial charge >= 0.3 is 0 Å². The second-order valence-electron chi connectivity index (χ2n) is 5.09. The van der Waals surface area contributed by atoms with Crippen molar-refractivity contribution in [1.29, 1.82) is 0 Å². The van der Waals surface area contributed by atoms with Crippen LogP contribution in [0.15, 0.2) is 0 Å². The minimum absolute atomic E-state index is 0.0440. The quantitative estimate of drug-likeness (QED) is 0.517. The monoisotopic (exact) mass is 180 g/mol. The lowest BCUT2D eigenvalue weighted by Gasteiger charge is -2.46. The molecule has 72 valence electrons. The van der Waals surface area contributed by atoms with Crippen molar-refractivity contribution >= 4 is 5.78 Å². The van der Waals surface area contributed by atoms with E-state index in [-0.39, 0.29) is 5.41 Å². The molecule has 4 saturated heterocycles. The van der Waals surface area contributed by atoms with E-state index < -0.39 is 0 Å². The fourth-order valence-corrected chi connectivity index (χ4v) is 3.29. The first-order valence-electron chi connectivity index (χ1n) is 5.16. The molecule has 0 aliphatic carbocycles. The summed E-state index contributed by atoms with van der Waals surface area (Å²) in [6.45, 7) is 8.51. The van der Waals surface area contributed by atoms with E-state index >= 15 is 0 Å². The van der Waals surface area contributed by atoms with Crippen molar-refractivity contribution < 1.29 is 4.79 Å². The van der Waals surface area contributed by atoms with Crippen LogP contribution < -0.4 is 0 Å². The van der Waals surface area contributed by atoms with Crippen molar-refractivity contribution in [3.05, 3.63) is 0 Å². The zero-order valence-electron chi connectivity index (χ0n) is 8.12. The Kier molecular flexibility index (Phi) is 1.43. The minimum Gasteiger partial charge on any atom is -0.300 e. The predicted molar refractivity (Wildman–Crippen MR) is 49.5 cm³/mol. The summed E-state index contributed by atoms with van der Waals surface area (Å²) < 4.78 is 0. The first-order chi connectivity index (χ1) is 6.17. The van der Waals surface area contributed by atoms with Gasteiger partial charge in [0.2, 0.25) is 0 Å². The number of fused-ring (bicyclic) bond motifs is 1. The fraction of sp³-hybridized carbons (Fsp3) is 0.900. The third kappa shape index (κ3) is 1.00. The lowest BCUT2D eigenvalue weighted by atomic mass is 9.73. The largest absolute Gasteiger partial charge is 0.300 e. The smallest absolute Gasteiger partial charge is 0.146 e. The third-order valence-corrected chi connectivity index (χ3v) is 3.80. The molecule has 0 amide bonds. The molecule has 4 heterocycles. The molecule has 0 aromatic rings. The molecular formula is C10H16N2O. The minimum atomic E-state index is -0.0440. The van der Waals surface area contributed by atoms with E-state index in [1.165, 1.54) is 13.1 Å². The lowest BCUT2D eigenvalue weighted by molar-refractivity contribution is -0.142. The van der Waals surface area contributed by atoms with E-state index in [4.69, 9.17) is 0 Å². The molecule has 0 saturated carbocycles. The molecule has 0 spiro atoms. The van der Waals surface area contributed by atoms with Crippen molar-refractivity contribution in [1.82, 2.24) is 9.80 Å². The first-order valence-corrected chi connectivity index (χ1v) is 5.16. The summed E-state index contributed by atoms with van der Waals surface area (Å²) in [5.41, 5.74) is -0.0440. The maximum Gasteiger partial charge on any atom is 0.146 e. The van der Waals surface area contributed by atoms with Crippen LogP contribution in [-0.4, -0.2) is 54.9 Å². The normalized spacial score (nSPS) is 53.9. The molecular weight excluding hydrogens is 164 g/mol. The maximum absolute atomic E-state index is 12.0. The van der Waals surface area contributed by atoms with Gasteiger partial charge in [0, 0.05) is 45.2 Å². The van der Waals surface area contributed by atoms with Crippen LogP contribution in [0, 0.1) is 11.3 Å². The highest BCUT2D eigenvalue weighted by atomic mass is 16.1. The van der Waals surface area contributed by atoms with Gasteiger partial charge in [0.25, 0.3) is 0 Å². The fourth-order valence-electron chi connectivity index (χ4n) is 3.29. The van der Waals surface area contributed by atoms with Crippen LogP contribution in [0.25, 0.3) is 0 Å². The topological polar surface area (TPSA) is 23.6 Å². The Morgan fingerprint density at radius 3 is 2.23 bits per heavy atom. The molecule has 2 unspecified atom stereocenters. The van der Waals surface area contributed by atoms with Crippen LogP contribution in [0.4, 0.5) is 0 Å². The van der Waals surface area contributed by atoms with Crippen molar-refractivity contribution in [3.8, 4) is 0 Å². The van der Waals surface area contributed by atoms with Crippen LogP contribution in [0.1, 0.15) is 6.92 Å². The Balaban J connectivity index is 2.03. The van der Waals surface area contributed by atoms with Gasteiger partial charge in [-0.3, -0.25) is 4.79 Å². The van der Waals surface area contributed by atoms with E-state index in [9.17, 15) is 4.79 Å². The summed E-state index contributed by atoms with van der Waals surface area (Å²) in [7, 11) is 0. The van der Waals surface area contributed by atoms with Gasteiger partial charge in [-0.1, -0.05) is 6.92 Å². The number of hydrogen-bond acceptors (Lipinski definition) is 3. The summed E-state index contributed by atoms with van der Waals surface area (Å²) in [5.74, 6) is 0.844. The summed E-state index contributed by atoms with van der Waals surface area (Å²) in [6, 6.07) is 0. The van der Waals surface area contributed by atoms with Crippen molar-refractivity contribution in [3.63, 3.8) is 0 Å². The number of piperidine rings is 2. The number of ketones is 1. The van der Waals surface area contributed by atoms with Crippen molar-refractivity contribution in [2.45, 2.75) is 6.92 Å². The third-order valence-electron chi connectivity index (χ3n) is 3.80. The van der Waals surface area contributed by atoms with Crippen LogP contribution in [0.2, 0.25) is 0 Å². The number of Topliss-reactive ketones (excluding diaryl/α,β-unsaturated/α-hetero) is 1. The van der Waals surface area contributed by atoms with Gasteiger partial charge in [-0.05, 0) is 0 Å². The molecule has 13 heavy (non-hydrogen) atoms. The second-order valence-corrected chi connectivity index (χ2v) is 5.09. The Morgan fingerprint density at radius 2 is 1.77 bits per heavy atom. The Hall–Kier alpha value is -0.410. The second kappa shape index (κ2) is 2.34. The average molecular weight is 180 g/mol. The summed E-state index contributed by atoms with van der Waals surface area (Å²) >= 11 is 0. The Morgan fingerprint density at radius 1 is 1.23 bits per heavy atom. The van der Waals surface area contributed by atoms with E-state index in [0.29, 0.717) is 11.7 Å². The summed E-state index contributed by atoms with van der Waals surface area (Å²) in [5, 5.41) is 0. The molecule has 3 nitrogen and oxygen atoms in total. The van der Waals surface area contributed by atoms with Gasteiger partial charge in [-0.15, -0.1) is 0 Å². The summed E-state index contributed by atoms with van der Waals surface area (Å²) in [4.78, 5) is 16.9. The zero-order chi connectivity index (χ0) is 9.05. The van der Waals surface area contributed by atoms with Crippen LogP contribution in [0.5, 0.6) is 0 Å². The van der Waals surface area contributed by atoms with Gasteiger partial charge in [-0.2, -0.15) is 0 Å². The average Bonchev–Trinajstić information content (AvgIpc) is 2.28. The van der Waals surface area contributed by atoms with E-state index in [1.54, 1.807) is 0 Å². The van der Waals surface area contributed by atoms with E-state index in [1.807, 2.05) is 0 Å². The van der Waals surface area contributed by atoms with Gasteiger partial charge in [0.05, 0.1) is 5.41 Å². The molecule has 0 N–H and O–H groups in total. The molecule has 4 fully saturated rings. The maximum atomic E-state index is 12.0. The number of rotatable bonds is 0. The number of carbonyl (C=O) groups excluding carboxylic acids is 1. The molecule has 0 radical (unpaired) electrons. The van der Waals surface area contributed by atoms with Crippen LogP contribution >= 0.6 is 0 Å². The SMILES string of the molecule is CC12CN3CCN(CC(C3)C1=O)C2. The number of hydrogen-bond donors (Lipinski definition) is 0. The summed E-state index contributed by atoms with van der Waals surface area (Å²) in [6.07, 6.45) is 0. The zero-order valence-corrected chi connectivity index (χ0v) is 8.12. The standard InChI is InChI=1S/C10H16N2O/c1-10-6-11-2-3-12(7-10)5-8(4-11)9(10)13/h8H,2-7H2,1H3. The molecule has 4 aliphatic rings. The van der Waals surface area contributed by atoms with Gasteiger partial charge in [-0.25, -0.2) is 0 Å². The van der Waals surface area contributed by atoms with E-state index in [0.717, 1.165) is 26.2 Å². The lowest BCUT2D eigenvalue weighted by Crippen LogP contribution is -2.59. The highest BCUT2D eigenvalue weighted by Crippen LogP contribution is 2.36. The molecule has 2 atom stereocenters. The Labute approximate surface area is 78.7 Å². The highest BCUT2D eigenvalue weighted by Gasteiger charge is 2.50. The predicted octanol–water partition coefficient (Wildman–Crippen LogP) is -0.177. The van der Waals surface area contributed by atoms with Gasteiger partial charge < -0.3 is 9.80 Å². The molecule has 0 aromatic heterocycles. The molecule has 4 aliphatic heterocycles. The first kappa shape index (κ1) is 7.94. The van der Waals surface area contributed by atoms with Crippen LogP contribution in [-0.2, 0) is 4.79 Å². The molecule has 4 rings (SSSR count). The molecule has 0 aromatic carbocycles. The number of carbonyl (C=O) groups is 1. The van der Waals surface area contributed by atoms with Gasteiger partial charge in [0.15, 0.2) is 0 Å². The molecule has 4 bridgehead atoms. The van der Waals surface area contributed by atoms with Crippen molar-refractivity contribution in [2.75, 3.05) is 39.3 Å². The van der Waals surface area contributed by atoms with E-state index in [2.05, 4.69) is 16.7 Å². The highest BCUT2D eigenvalue weighted by molar-refractivity contribution is 5.89. The van der Waals surface area contributed by atoms with Gasteiger partial charge in [0.1, 0.15) is 5.78 Å². The Bertz CT molecular complexity index is 248. The number of nitrogens with zero attached hydrogens (tertiary/aromatic N) is 2. The van der Waals surface area contributed by atoms with Crippen LogP contribution in [0.3, 0.4) is 0 Å².